The van der Waals surface area contributed by atoms with Gasteiger partial charge in [0.2, 0.25) is 5.91 Å². The van der Waals surface area contributed by atoms with Gasteiger partial charge < -0.3 is 14.8 Å². The van der Waals surface area contributed by atoms with Gasteiger partial charge in [-0.2, -0.15) is 0 Å². The molecule has 0 aromatic carbocycles. The topological polar surface area (TPSA) is 81.7 Å². The number of amides is 1. The zero-order valence-corrected chi connectivity index (χ0v) is 12.5. The first kappa shape index (κ1) is 15.3. The van der Waals surface area contributed by atoms with Gasteiger partial charge in [0.25, 0.3) is 0 Å². The van der Waals surface area contributed by atoms with E-state index in [0.29, 0.717) is 0 Å². The Balaban J connectivity index is 2.31. The molecule has 1 aliphatic carbocycles. The number of rotatable bonds is 4. The minimum absolute atomic E-state index is 0.192. The molecule has 1 amide bonds. The van der Waals surface area contributed by atoms with Crippen molar-refractivity contribution in [2.75, 3.05) is 0 Å². The van der Waals surface area contributed by atoms with Gasteiger partial charge in [-0.3, -0.25) is 4.79 Å². The number of ether oxygens (including phenoxy) is 2. The van der Waals surface area contributed by atoms with Gasteiger partial charge in [0.1, 0.15) is 0 Å². The Morgan fingerprint density at radius 2 is 1.57 bits per heavy atom. The third-order valence-electron chi connectivity index (χ3n) is 3.17. The predicted octanol–water partition coefficient (Wildman–Crippen LogP) is 0.871. The Labute approximate surface area is 123 Å². The zero-order valence-electron chi connectivity index (χ0n) is 12.5. The maximum Gasteiger partial charge on any atom is 0.336 e. The van der Waals surface area contributed by atoms with E-state index in [1.807, 2.05) is 0 Å². The molecule has 1 N–H and O–H groups in total. The molecular formula is C15H19NO5. The lowest BCUT2D eigenvalue weighted by atomic mass is 9.71. The van der Waals surface area contributed by atoms with Gasteiger partial charge in [0.05, 0.1) is 29.4 Å². The van der Waals surface area contributed by atoms with E-state index in [1.165, 1.54) is 6.08 Å². The summed E-state index contributed by atoms with van der Waals surface area (Å²) < 4.78 is 10.3. The van der Waals surface area contributed by atoms with Crippen molar-refractivity contribution in [1.29, 1.82) is 0 Å². The minimum atomic E-state index is -0.586. The van der Waals surface area contributed by atoms with E-state index in [0.717, 1.165) is 0 Å². The van der Waals surface area contributed by atoms with Crippen LogP contribution in [0.4, 0.5) is 0 Å². The molecular weight excluding hydrogens is 274 g/mol. The van der Waals surface area contributed by atoms with Gasteiger partial charge in [-0.1, -0.05) is 6.08 Å². The predicted molar refractivity (Wildman–Crippen MR) is 74.0 cm³/mol. The van der Waals surface area contributed by atoms with Gasteiger partial charge >= 0.3 is 11.9 Å². The third-order valence-corrected chi connectivity index (χ3v) is 3.17. The van der Waals surface area contributed by atoms with E-state index in [9.17, 15) is 14.4 Å². The third kappa shape index (κ3) is 2.99. The maximum atomic E-state index is 12.1. The van der Waals surface area contributed by atoms with Gasteiger partial charge in [0, 0.05) is 5.92 Å². The lowest BCUT2D eigenvalue weighted by Gasteiger charge is -2.40. The highest BCUT2D eigenvalue weighted by atomic mass is 16.5. The Morgan fingerprint density at radius 1 is 1.05 bits per heavy atom. The van der Waals surface area contributed by atoms with E-state index < -0.39 is 18.0 Å². The highest BCUT2D eigenvalue weighted by Crippen LogP contribution is 2.39. The van der Waals surface area contributed by atoms with Gasteiger partial charge in [-0.25, -0.2) is 9.59 Å². The molecule has 6 heteroatoms. The zero-order chi connectivity index (χ0) is 15.7. The highest BCUT2D eigenvalue weighted by molar-refractivity contribution is 6.07. The molecule has 114 valence electrons. The van der Waals surface area contributed by atoms with E-state index in [1.54, 1.807) is 33.8 Å². The number of esters is 2. The molecule has 0 aromatic rings. The average Bonchev–Trinajstić information content (AvgIpc) is 2.30. The van der Waals surface area contributed by atoms with Crippen LogP contribution in [0.2, 0.25) is 0 Å². The van der Waals surface area contributed by atoms with E-state index in [4.69, 9.17) is 9.47 Å². The average molecular weight is 293 g/mol. The standard InChI is InChI=1S/C15H19NO5/c1-7(2)20-14(18)11-9-5-6-10(17)16-13(9)12(11)15(19)21-8(3)4/h5-9,13H,1-4H3,(H,16,17)/t9-,13-/m0/s1. The molecule has 0 fully saturated rings. The molecule has 0 saturated heterocycles. The van der Waals surface area contributed by atoms with Crippen molar-refractivity contribution in [2.24, 2.45) is 5.92 Å². The lowest BCUT2D eigenvalue weighted by molar-refractivity contribution is -0.148. The van der Waals surface area contributed by atoms with Crippen LogP contribution < -0.4 is 5.32 Å². The van der Waals surface area contributed by atoms with E-state index >= 15 is 0 Å². The van der Waals surface area contributed by atoms with Crippen LogP contribution in [-0.2, 0) is 23.9 Å². The Morgan fingerprint density at radius 3 is 2.10 bits per heavy atom. The highest BCUT2D eigenvalue weighted by Gasteiger charge is 2.49. The number of hydrogen-bond donors (Lipinski definition) is 1. The summed E-state index contributed by atoms with van der Waals surface area (Å²) in [5, 5.41) is 2.67. The smallest absolute Gasteiger partial charge is 0.336 e. The lowest BCUT2D eigenvalue weighted by Crippen LogP contribution is -2.54. The number of fused-ring (bicyclic) bond motifs is 1. The maximum absolute atomic E-state index is 12.1. The molecule has 2 aliphatic rings. The summed E-state index contributed by atoms with van der Waals surface area (Å²) in [7, 11) is 0. The monoisotopic (exact) mass is 293 g/mol. The molecule has 1 aliphatic heterocycles. The van der Waals surface area contributed by atoms with Gasteiger partial charge in [-0.15, -0.1) is 0 Å². The van der Waals surface area contributed by atoms with Crippen LogP contribution in [0.15, 0.2) is 23.3 Å². The number of hydrogen-bond acceptors (Lipinski definition) is 5. The Hall–Kier alpha value is -2.11. The summed E-state index contributed by atoms with van der Waals surface area (Å²) in [6.07, 6.45) is 2.39. The molecule has 0 saturated carbocycles. The molecule has 0 spiro atoms. The van der Waals surface area contributed by atoms with Crippen LogP contribution in [-0.4, -0.2) is 36.1 Å². The molecule has 0 bridgehead atoms. The van der Waals surface area contributed by atoms with Crippen LogP contribution >= 0.6 is 0 Å². The fourth-order valence-corrected chi connectivity index (χ4v) is 2.40. The van der Waals surface area contributed by atoms with Crippen molar-refractivity contribution in [2.45, 2.75) is 45.9 Å². The summed E-state index contributed by atoms with van der Waals surface area (Å²) in [6, 6.07) is -0.511. The van der Waals surface area contributed by atoms with Gasteiger partial charge in [0.15, 0.2) is 0 Å². The van der Waals surface area contributed by atoms with Crippen LogP contribution in [0.3, 0.4) is 0 Å². The fourth-order valence-electron chi connectivity index (χ4n) is 2.40. The first-order valence-electron chi connectivity index (χ1n) is 6.96. The van der Waals surface area contributed by atoms with Crippen LogP contribution in [0.1, 0.15) is 27.7 Å². The van der Waals surface area contributed by atoms with Crippen LogP contribution in [0.25, 0.3) is 0 Å². The van der Waals surface area contributed by atoms with Crippen molar-refractivity contribution in [3.05, 3.63) is 23.3 Å². The molecule has 0 unspecified atom stereocenters. The summed E-state index contributed by atoms with van der Waals surface area (Å²) in [6.45, 7) is 6.92. The van der Waals surface area contributed by atoms with E-state index in [-0.39, 0.29) is 35.2 Å². The minimum Gasteiger partial charge on any atom is -0.460 e. The molecule has 2 atom stereocenters. The Bertz CT molecular complexity index is 544. The largest absolute Gasteiger partial charge is 0.460 e. The second-order valence-corrected chi connectivity index (χ2v) is 5.61. The first-order valence-corrected chi connectivity index (χ1v) is 6.96. The van der Waals surface area contributed by atoms with E-state index in [2.05, 4.69) is 5.32 Å². The van der Waals surface area contributed by atoms with Crippen molar-refractivity contribution in [3.8, 4) is 0 Å². The van der Waals surface area contributed by atoms with Crippen molar-refractivity contribution in [3.63, 3.8) is 0 Å². The quantitative estimate of drug-likeness (QED) is 0.778. The van der Waals surface area contributed by atoms with Crippen molar-refractivity contribution in [1.82, 2.24) is 5.32 Å². The van der Waals surface area contributed by atoms with Crippen molar-refractivity contribution >= 4 is 17.8 Å². The summed E-state index contributed by atoms with van der Waals surface area (Å²) in [4.78, 5) is 35.7. The van der Waals surface area contributed by atoms with Crippen LogP contribution in [0.5, 0.6) is 0 Å². The first-order chi connectivity index (χ1) is 9.81. The molecule has 21 heavy (non-hydrogen) atoms. The molecule has 0 aromatic heterocycles. The summed E-state index contributed by atoms with van der Waals surface area (Å²) >= 11 is 0. The van der Waals surface area contributed by atoms with Gasteiger partial charge in [-0.05, 0) is 33.8 Å². The Kier molecular flexibility index (Phi) is 4.16. The number of carbonyl (C=O) groups is 3. The fraction of sp³-hybridized carbons (Fsp3) is 0.533. The second-order valence-electron chi connectivity index (χ2n) is 5.61. The second kappa shape index (κ2) is 5.71. The summed E-state index contributed by atoms with van der Waals surface area (Å²) in [5.41, 5.74) is 0.465. The molecule has 1 heterocycles. The number of nitrogens with one attached hydrogen (secondary N) is 1. The molecule has 6 nitrogen and oxygen atoms in total. The molecule has 2 rings (SSSR count). The molecule has 0 radical (unpaired) electrons. The number of carbonyl (C=O) groups excluding carboxylic acids is 3. The van der Waals surface area contributed by atoms with Crippen molar-refractivity contribution < 1.29 is 23.9 Å². The SMILES string of the molecule is CC(C)OC(=O)C1=C(C(=O)OC(C)C)[C@@H]2C=CC(=O)N[C@H]12. The summed E-state index contributed by atoms with van der Waals surface area (Å²) in [5.74, 6) is -1.74. The normalized spacial score (nSPS) is 23.6. The van der Waals surface area contributed by atoms with Crippen LogP contribution in [0, 0.1) is 5.92 Å².